The van der Waals surface area contributed by atoms with Crippen LogP contribution >= 0.6 is 12.2 Å². The fourth-order valence-corrected chi connectivity index (χ4v) is 2.83. The number of pyridine rings is 1. The minimum Gasteiger partial charge on any atom is -0.508 e. The third-order valence-corrected chi connectivity index (χ3v) is 4.05. The lowest BCUT2D eigenvalue weighted by atomic mass is 10.1. The van der Waals surface area contributed by atoms with Gasteiger partial charge in [-0.3, -0.25) is 14.3 Å². The van der Waals surface area contributed by atoms with Gasteiger partial charge in [0, 0.05) is 12.1 Å². The van der Waals surface area contributed by atoms with Crippen molar-refractivity contribution in [2.75, 3.05) is 0 Å². The van der Waals surface area contributed by atoms with E-state index in [9.17, 15) is 23.1 Å². The molecule has 0 aliphatic rings. The largest absolute Gasteiger partial charge is 0.508 e. The summed E-state index contributed by atoms with van der Waals surface area (Å²) in [5.41, 5.74) is -1.90. The van der Waals surface area contributed by atoms with E-state index in [4.69, 9.17) is 12.2 Å². The van der Waals surface area contributed by atoms with Gasteiger partial charge in [-0.2, -0.15) is 13.2 Å². The molecule has 0 atom stereocenters. The van der Waals surface area contributed by atoms with Crippen molar-refractivity contribution in [2.45, 2.75) is 12.7 Å². The van der Waals surface area contributed by atoms with Crippen LogP contribution < -0.4 is 5.56 Å². The van der Waals surface area contributed by atoms with Crippen molar-refractivity contribution in [2.24, 2.45) is 0 Å². The van der Waals surface area contributed by atoms with Crippen LogP contribution in [0.15, 0.2) is 47.8 Å². The summed E-state index contributed by atoms with van der Waals surface area (Å²) in [6, 6.07) is 6.35. The van der Waals surface area contributed by atoms with Crippen LogP contribution in [-0.2, 0) is 12.7 Å². The second-order valence-electron chi connectivity index (χ2n) is 5.46. The lowest BCUT2D eigenvalue weighted by Gasteiger charge is -2.15. The predicted molar refractivity (Wildman–Crippen MR) is 93.5 cm³/mol. The molecule has 0 unspecified atom stereocenters. The molecule has 2 heterocycles. The van der Waals surface area contributed by atoms with E-state index in [0.29, 0.717) is 5.56 Å². The number of hydrogen-bond acceptors (Lipinski definition) is 4. The molecular formula is C17H12F3N3O2S. The number of fused-ring (bicyclic) bond motifs is 1. The van der Waals surface area contributed by atoms with Gasteiger partial charge in [-0.25, -0.2) is 4.98 Å². The maximum atomic E-state index is 13.6. The van der Waals surface area contributed by atoms with Crippen molar-refractivity contribution in [1.82, 2.24) is 14.5 Å². The smallest absolute Gasteiger partial charge is 0.417 e. The SMILES string of the molecule is C=CCn1c(=S)[nH]c(=O)c2c(C(F)(F)F)cc(-c3ccc(O)cc3)nc21. The number of hydrogen-bond donors (Lipinski definition) is 2. The van der Waals surface area contributed by atoms with Crippen LogP contribution in [0.2, 0.25) is 0 Å². The van der Waals surface area contributed by atoms with Gasteiger partial charge in [0.2, 0.25) is 0 Å². The zero-order valence-corrected chi connectivity index (χ0v) is 14.0. The van der Waals surface area contributed by atoms with Crippen molar-refractivity contribution in [3.05, 3.63) is 63.7 Å². The summed E-state index contributed by atoms with van der Waals surface area (Å²) in [6.45, 7) is 3.63. The van der Waals surface area contributed by atoms with Gasteiger partial charge in [-0.1, -0.05) is 6.08 Å². The normalized spacial score (nSPS) is 11.7. The monoisotopic (exact) mass is 379 g/mol. The summed E-state index contributed by atoms with van der Waals surface area (Å²) < 4.78 is 42.0. The maximum absolute atomic E-state index is 13.6. The van der Waals surface area contributed by atoms with Gasteiger partial charge in [0.25, 0.3) is 5.56 Å². The van der Waals surface area contributed by atoms with Gasteiger partial charge in [0.15, 0.2) is 4.77 Å². The molecule has 0 spiro atoms. The van der Waals surface area contributed by atoms with Crippen LogP contribution in [0, 0.1) is 4.77 Å². The number of rotatable bonds is 3. The number of alkyl halides is 3. The lowest BCUT2D eigenvalue weighted by molar-refractivity contribution is -0.136. The summed E-state index contributed by atoms with van der Waals surface area (Å²) in [4.78, 5) is 18.7. The number of allylic oxidation sites excluding steroid dienone is 1. The second-order valence-corrected chi connectivity index (χ2v) is 5.84. The molecule has 0 fully saturated rings. The highest BCUT2D eigenvalue weighted by molar-refractivity contribution is 7.71. The first-order valence-corrected chi connectivity index (χ1v) is 7.78. The minimum absolute atomic E-state index is 0.00244. The highest BCUT2D eigenvalue weighted by Gasteiger charge is 2.35. The highest BCUT2D eigenvalue weighted by atomic mass is 32.1. The summed E-state index contributed by atoms with van der Waals surface area (Å²) in [5.74, 6) is -0.0309. The lowest BCUT2D eigenvalue weighted by Crippen LogP contribution is -2.20. The Morgan fingerprint density at radius 1 is 1.31 bits per heavy atom. The van der Waals surface area contributed by atoms with Crippen LogP contribution in [0.1, 0.15) is 5.56 Å². The highest BCUT2D eigenvalue weighted by Crippen LogP contribution is 2.35. The van der Waals surface area contributed by atoms with Crippen LogP contribution in [-0.4, -0.2) is 19.6 Å². The van der Waals surface area contributed by atoms with Crippen LogP contribution in [0.25, 0.3) is 22.3 Å². The molecule has 0 aliphatic carbocycles. The molecule has 26 heavy (non-hydrogen) atoms. The van der Waals surface area contributed by atoms with Gasteiger partial charge in [0.1, 0.15) is 11.4 Å². The number of nitrogens with zero attached hydrogens (tertiary/aromatic N) is 2. The van der Waals surface area contributed by atoms with Crippen molar-refractivity contribution < 1.29 is 18.3 Å². The van der Waals surface area contributed by atoms with Crippen LogP contribution in [0.5, 0.6) is 5.75 Å². The standard InChI is InChI=1S/C17H12F3N3O2S/c1-2-7-23-14-13(15(25)22-16(23)26)11(17(18,19)20)8-12(21-14)9-3-5-10(24)6-4-9/h2-6,8,24H,1,7H2,(H,22,25,26). The Labute approximate surface area is 150 Å². The van der Waals surface area contributed by atoms with E-state index in [1.54, 1.807) is 0 Å². The number of halogens is 3. The zero-order valence-electron chi connectivity index (χ0n) is 13.2. The maximum Gasteiger partial charge on any atom is 0.417 e. The Morgan fingerprint density at radius 3 is 2.54 bits per heavy atom. The number of H-pyrrole nitrogens is 1. The van der Waals surface area contributed by atoms with E-state index in [1.165, 1.54) is 34.9 Å². The molecule has 2 aromatic heterocycles. The molecule has 1 aromatic carbocycles. The molecule has 0 saturated heterocycles. The number of benzene rings is 1. The van der Waals surface area contributed by atoms with Crippen molar-refractivity contribution in [1.29, 1.82) is 0 Å². The van der Waals surface area contributed by atoms with Crippen molar-refractivity contribution in [3.8, 4) is 17.0 Å². The zero-order chi connectivity index (χ0) is 19.1. The van der Waals surface area contributed by atoms with E-state index < -0.39 is 22.7 Å². The Morgan fingerprint density at radius 2 is 1.96 bits per heavy atom. The topological polar surface area (TPSA) is 70.9 Å². The Bertz CT molecular complexity index is 1120. The molecule has 5 nitrogen and oxygen atoms in total. The van der Waals surface area contributed by atoms with Gasteiger partial charge in [-0.05, 0) is 42.5 Å². The van der Waals surface area contributed by atoms with Crippen LogP contribution in [0.3, 0.4) is 0 Å². The Kier molecular flexibility index (Phi) is 4.41. The molecule has 3 rings (SSSR count). The van der Waals surface area contributed by atoms with E-state index in [-0.39, 0.29) is 28.4 Å². The molecule has 3 aromatic rings. The number of aromatic hydroxyl groups is 1. The Hall–Kier alpha value is -2.94. The minimum atomic E-state index is -4.77. The Balaban J connectivity index is 2.48. The fourth-order valence-electron chi connectivity index (χ4n) is 2.58. The molecule has 0 bridgehead atoms. The van der Waals surface area contributed by atoms with E-state index >= 15 is 0 Å². The van der Waals surface area contributed by atoms with Gasteiger partial charge >= 0.3 is 6.18 Å². The number of aromatic amines is 1. The predicted octanol–water partition coefficient (Wildman–Crippen LogP) is 4.03. The van der Waals surface area contributed by atoms with E-state index in [0.717, 1.165) is 6.07 Å². The fraction of sp³-hybridized carbons (Fsp3) is 0.118. The summed E-state index contributed by atoms with van der Waals surface area (Å²) in [6.07, 6.45) is -3.33. The second kappa shape index (κ2) is 6.41. The summed E-state index contributed by atoms with van der Waals surface area (Å²) in [5, 5.41) is 8.78. The molecule has 134 valence electrons. The van der Waals surface area contributed by atoms with Gasteiger partial charge in [0.05, 0.1) is 16.6 Å². The number of aromatic nitrogens is 3. The molecule has 0 aliphatic heterocycles. The number of phenolic OH excluding ortho intramolecular Hbond substituents is 1. The number of phenols is 1. The first kappa shape index (κ1) is 17.9. The average molecular weight is 379 g/mol. The molecule has 2 N–H and O–H groups in total. The molecule has 0 radical (unpaired) electrons. The molecule has 9 heteroatoms. The van der Waals surface area contributed by atoms with E-state index in [1.807, 2.05) is 0 Å². The van der Waals surface area contributed by atoms with Crippen molar-refractivity contribution >= 4 is 23.3 Å². The molecule has 0 amide bonds. The third-order valence-electron chi connectivity index (χ3n) is 3.73. The molecular weight excluding hydrogens is 367 g/mol. The first-order chi connectivity index (χ1) is 12.2. The molecule has 0 saturated carbocycles. The van der Waals surface area contributed by atoms with Crippen LogP contribution in [0.4, 0.5) is 13.2 Å². The first-order valence-electron chi connectivity index (χ1n) is 7.37. The summed E-state index contributed by atoms with van der Waals surface area (Å²) >= 11 is 5.05. The third kappa shape index (κ3) is 3.13. The van der Waals surface area contributed by atoms with Gasteiger partial charge < -0.3 is 5.11 Å². The average Bonchev–Trinajstić information content (AvgIpc) is 2.57. The quantitative estimate of drug-likeness (QED) is 0.532. The van der Waals surface area contributed by atoms with Gasteiger partial charge in [-0.15, -0.1) is 6.58 Å². The summed E-state index contributed by atoms with van der Waals surface area (Å²) in [7, 11) is 0. The van der Waals surface area contributed by atoms with E-state index in [2.05, 4.69) is 16.5 Å². The van der Waals surface area contributed by atoms with Crippen molar-refractivity contribution in [3.63, 3.8) is 0 Å². The number of nitrogens with one attached hydrogen (secondary N) is 1.